The van der Waals surface area contributed by atoms with Crippen LogP contribution in [0.4, 0.5) is 0 Å². The van der Waals surface area contributed by atoms with E-state index in [1.807, 2.05) is 0 Å². The molecule has 0 amide bonds. The number of carbonyl (C=O) groups is 1. The first-order valence-electron chi connectivity index (χ1n) is 6.61. The number of ether oxygens (including phenoxy) is 2. The minimum atomic E-state index is -0.986. The minimum Gasteiger partial charge on any atom is -0.479 e. The molecule has 0 spiro atoms. The fraction of sp³-hybridized carbons (Fsp3) is 0.923. The highest BCUT2D eigenvalue weighted by molar-refractivity contribution is 5.77. The molecule has 0 aromatic rings. The smallest absolute Gasteiger partial charge is 0.336 e. The van der Waals surface area contributed by atoms with Crippen LogP contribution in [0.1, 0.15) is 45.4 Å². The summed E-state index contributed by atoms with van der Waals surface area (Å²) in [4.78, 5) is 11.5. The van der Waals surface area contributed by atoms with E-state index in [1.54, 1.807) is 0 Å². The number of aliphatic carboxylic acids is 1. The third-order valence-electron chi connectivity index (χ3n) is 3.97. The second-order valence-electron chi connectivity index (χ2n) is 5.42. The average molecular weight is 242 g/mol. The van der Waals surface area contributed by atoms with E-state index in [9.17, 15) is 9.90 Å². The zero-order valence-corrected chi connectivity index (χ0v) is 10.5. The molecule has 4 nitrogen and oxygen atoms in total. The van der Waals surface area contributed by atoms with Gasteiger partial charge in [-0.1, -0.05) is 19.8 Å². The van der Waals surface area contributed by atoms with Crippen LogP contribution in [0.5, 0.6) is 0 Å². The first kappa shape index (κ1) is 12.8. The Labute approximate surface area is 102 Å². The van der Waals surface area contributed by atoms with Crippen LogP contribution in [0.15, 0.2) is 0 Å². The van der Waals surface area contributed by atoms with E-state index in [1.165, 1.54) is 6.42 Å². The molecule has 1 saturated carbocycles. The van der Waals surface area contributed by atoms with Crippen LogP contribution in [0, 0.1) is 5.92 Å². The number of carboxylic acid groups (broad SMARTS) is 1. The summed E-state index contributed by atoms with van der Waals surface area (Å²) >= 11 is 0. The summed E-state index contributed by atoms with van der Waals surface area (Å²) in [5.74, 6) is -0.168. The van der Waals surface area contributed by atoms with Crippen LogP contribution in [-0.4, -0.2) is 36.0 Å². The second kappa shape index (κ2) is 5.36. The van der Waals surface area contributed by atoms with Gasteiger partial charge < -0.3 is 14.6 Å². The molecule has 1 aliphatic carbocycles. The Kier molecular flexibility index (Phi) is 4.05. The third kappa shape index (κ3) is 2.99. The van der Waals surface area contributed by atoms with E-state index in [2.05, 4.69) is 6.92 Å². The van der Waals surface area contributed by atoms with Gasteiger partial charge in [-0.3, -0.25) is 0 Å². The van der Waals surface area contributed by atoms with E-state index in [4.69, 9.17) is 9.47 Å². The van der Waals surface area contributed by atoms with Crippen LogP contribution in [0.25, 0.3) is 0 Å². The average Bonchev–Trinajstić information content (AvgIpc) is 2.30. The van der Waals surface area contributed by atoms with Crippen molar-refractivity contribution in [3.63, 3.8) is 0 Å². The maximum absolute atomic E-state index is 11.5. The van der Waals surface area contributed by atoms with Gasteiger partial charge in [-0.25, -0.2) is 4.79 Å². The zero-order chi connectivity index (χ0) is 12.3. The highest BCUT2D eigenvalue weighted by atomic mass is 16.5. The Balaban J connectivity index is 1.99. The standard InChI is InChI=1S/C13H22O4/c1-10-3-2-4-11(9-10)17-13(12(14)15)5-7-16-8-6-13/h10-11H,2-9H2,1H3,(H,14,15). The van der Waals surface area contributed by atoms with Crippen LogP contribution in [0.3, 0.4) is 0 Å². The first-order chi connectivity index (χ1) is 8.12. The fourth-order valence-corrected chi connectivity index (χ4v) is 2.89. The highest BCUT2D eigenvalue weighted by Crippen LogP contribution is 2.33. The summed E-state index contributed by atoms with van der Waals surface area (Å²) in [5.41, 5.74) is -0.986. The molecule has 0 radical (unpaired) electrons. The van der Waals surface area contributed by atoms with Crippen molar-refractivity contribution < 1.29 is 19.4 Å². The molecule has 0 bridgehead atoms. The summed E-state index contributed by atoms with van der Waals surface area (Å²) in [5, 5.41) is 9.40. The normalized spacial score (nSPS) is 33.2. The van der Waals surface area contributed by atoms with Crippen molar-refractivity contribution in [3.8, 4) is 0 Å². The van der Waals surface area contributed by atoms with Crippen molar-refractivity contribution in [1.29, 1.82) is 0 Å². The van der Waals surface area contributed by atoms with Gasteiger partial charge in [0.1, 0.15) is 0 Å². The summed E-state index contributed by atoms with van der Waals surface area (Å²) in [6.45, 7) is 3.20. The molecule has 1 N–H and O–H groups in total. The number of rotatable bonds is 3. The van der Waals surface area contributed by atoms with Crippen LogP contribution in [0.2, 0.25) is 0 Å². The van der Waals surface area contributed by atoms with Crippen molar-refractivity contribution in [2.75, 3.05) is 13.2 Å². The summed E-state index contributed by atoms with van der Waals surface area (Å²) in [6, 6.07) is 0. The SMILES string of the molecule is CC1CCCC(OC2(C(=O)O)CCOCC2)C1. The number of hydrogen-bond donors (Lipinski definition) is 1. The largest absolute Gasteiger partial charge is 0.479 e. The predicted molar refractivity (Wildman–Crippen MR) is 62.9 cm³/mol. The molecule has 0 aromatic heterocycles. The van der Waals surface area contributed by atoms with E-state index in [-0.39, 0.29) is 6.10 Å². The van der Waals surface area contributed by atoms with Crippen molar-refractivity contribution in [1.82, 2.24) is 0 Å². The molecule has 1 heterocycles. The number of hydrogen-bond acceptors (Lipinski definition) is 3. The monoisotopic (exact) mass is 242 g/mol. The second-order valence-corrected chi connectivity index (χ2v) is 5.42. The fourth-order valence-electron chi connectivity index (χ4n) is 2.89. The lowest BCUT2D eigenvalue weighted by molar-refractivity contribution is -0.193. The van der Waals surface area contributed by atoms with E-state index < -0.39 is 11.6 Å². The molecule has 98 valence electrons. The molecule has 1 aliphatic heterocycles. The van der Waals surface area contributed by atoms with Crippen molar-refractivity contribution >= 4 is 5.97 Å². The van der Waals surface area contributed by atoms with Gasteiger partial charge in [0.2, 0.25) is 0 Å². The Hall–Kier alpha value is -0.610. The summed E-state index contributed by atoms with van der Waals surface area (Å²) in [7, 11) is 0. The topological polar surface area (TPSA) is 55.8 Å². The van der Waals surface area contributed by atoms with E-state index in [0.717, 1.165) is 19.3 Å². The maximum atomic E-state index is 11.5. The van der Waals surface area contributed by atoms with Crippen LogP contribution in [-0.2, 0) is 14.3 Å². The van der Waals surface area contributed by atoms with Crippen molar-refractivity contribution in [2.24, 2.45) is 5.92 Å². The summed E-state index contributed by atoms with van der Waals surface area (Å²) < 4.78 is 11.2. The van der Waals surface area contributed by atoms with Crippen LogP contribution < -0.4 is 0 Å². The molecule has 2 aliphatic rings. The molecule has 17 heavy (non-hydrogen) atoms. The third-order valence-corrected chi connectivity index (χ3v) is 3.97. The molecular weight excluding hydrogens is 220 g/mol. The van der Waals surface area contributed by atoms with Gasteiger partial charge in [0.25, 0.3) is 0 Å². The Morgan fingerprint density at radius 3 is 2.65 bits per heavy atom. The highest BCUT2D eigenvalue weighted by Gasteiger charge is 2.43. The summed E-state index contributed by atoms with van der Waals surface area (Å²) in [6.07, 6.45) is 5.46. The van der Waals surface area contributed by atoms with E-state index >= 15 is 0 Å². The lowest BCUT2D eigenvalue weighted by Gasteiger charge is -2.38. The minimum absolute atomic E-state index is 0.118. The molecular formula is C13H22O4. The molecule has 1 saturated heterocycles. The predicted octanol–water partition coefficient (Wildman–Crippen LogP) is 2.22. The number of carboxylic acids is 1. The van der Waals surface area contributed by atoms with Gasteiger partial charge in [-0.15, -0.1) is 0 Å². The van der Waals surface area contributed by atoms with Crippen molar-refractivity contribution in [3.05, 3.63) is 0 Å². The lowest BCUT2D eigenvalue weighted by Crippen LogP contribution is -2.49. The van der Waals surface area contributed by atoms with Crippen molar-refractivity contribution in [2.45, 2.75) is 57.2 Å². The molecule has 0 aromatic carbocycles. The lowest BCUT2D eigenvalue weighted by atomic mass is 9.87. The zero-order valence-electron chi connectivity index (χ0n) is 10.5. The first-order valence-corrected chi connectivity index (χ1v) is 6.61. The van der Waals surface area contributed by atoms with Crippen LogP contribution >= 0.6 is 0 Å². The Morgan fingerprint density at radius 2 is 2.06 bits per heavy atom. The maximum Gasteiger partial charge on any atom is 0.336 e. The molecule has 2 fully saturated rings. The Morgan fingerprint density at radius 1 is 1.35 bits per heavy atom. The van der Waals surface area contributed by atoms with Gasteiger partial charge in [-0.05, 0) is 18.8 Å². The van der Waals surface area contributed by atoms with Gasteiger partial charge in [-0.2, -0.15) is 0 Å². The Bertz CT molecular complexity index is 271. The molecule has 2 atom stereocenters. The molecule has 2 unspecified atom stereocenters. The quantitative estimate of drug-likeness (QED) is 0.824. The van der Waals surface area contributed by atoms with E-state index in [0.29, 0.717) is 32.0 Å². The molecule has 4 heteroatoms. The molecule has 2 rings (SSSR count). The van der Waals surface area contributed by atoms with Gasteiger partial charge in [0, 0.05) is 26.1 Å². The van der Waals surface area contributed by atoms with Gasteiger partial charge in [0.05, 0.1) is 6.10 Å². The van der Waals surface area contributed by atoms with Gasteiger partial charge >= 0.3 is 5.97 Å². The van der Waals surface area contributed by atoms with Gasteiger partial charge in [0.15, 0.2) is 5.60 Å².